The Bertz CT molecular complexity index is 832. The minimum atomic E-state index is -3.30. The number of benzene rings is 1. The number of hydrogen-bond donors (Lipinski definition) is 0. The molecule has 0 aromatic heterocycles. The van der Waals surface area contributed by atoms with Gasteiger partial charge < -0.3 is 14.5 Å². The van der Waals surface area contributed by atoms with Crippen molar-refractivity contribution >= 4 is 27.5 Å². The minimum Gasteiger partial charge on any atom is -0.444 e. The Labute approximate surface area is 167 Å². The van der Waals surface area contributed by atoms with E-state index in [2.05, 4.69) is 0 Å². The van der Waals surface area contributed by atoms with Gasteiger partial charge in [-0.3, -0.25) is 4.79 Å². The summed E-state index contributed by atoms with van der Waals surface area (Å²) in [4.78, 5) is 28.3. The summed E-state index contributed by atoms with van der Waals surface area (Å²) in [6, 6.07) is 6.34. The SMILES string of the molecule is CC(=O)N(c1ccc(S(C)(=O)=O)cc1)C1(C)CCN(C(=O)OC(C)(C)C)CC1. The van der Waals surface area contributed by atoms with Crippen LogP contribution in [-0.2, 0) is 19.4 Å². The van der Waals surface area contributed by atoms with E-state index >= 15 is 0 Å². The van der Waals surface area contributed by atoms with Crippen LogP contribution in [0.2, 0.25) is 0 Å². The second kappa shape index (κ2) is 7.73. The van der Waals surface area contributed by atoms with E-state index in [-0.39, 0.29) is 16.9 Å². The van der Waals surface area contributed by atoms with Gasteiger partial charge in [0.15, 0.2) is 9.84 Å². The lowest BCUT2D eigenvalue weighted by Gasteiger charge is -2.46. The summed E-state index contributed by atoms with van der Waals surface area (Å²) < 4.78 is 28.8. The lowest BCUT2D eigenvalue weighted by atomic mass is 9.87. The zero-order chi connectivity index (χ0) is 21.3. The number of ether oxygens (including phenoxy) is 1. The lowest BCUT2D eigenvalue weighted by Crippen LogP contribution is -2.56. The molecule has 1 aliphatic rings. The first kappa shape index (κ1) is 22.2. The van der Waals surface area contributed by atoms with Crippen molar-refractivity contribution in [3.63, 3.8) is 0 Å². The first-order valence-corrected chi connectivity index (χ1v) is 11.2. The van der Waals surface area contributed by atoms with E-state index in [0.29, 0.717) is 31.6 Å². The number of anilines is 1. The van der Waals surface area contributed by atoms with E-state index in [9.17, 15) is 18.0 Å². The summed E-state index contributed by atoms with van der Waals surface area (Å²) in [5.74, 6) is -0.125. The van der Waals surface area contributed by atoms with Crippen LogP contribution in [0.1, 0.15) is 47.5 Å². The highest BCUT2D eigenvalue weighted by molar-refractivity contribution is 7.90. The highest BCUT2D eigenvalue weighted by atomic mass is 32.2. The minimum absolute atomic E-state index is 0.125. The molecule has 1 saturated heterocycles. The van der Waals surface area contributed by atoms with Crippen molar-refractivity contribution in [2.45, 2.75) is 63.5 Å². The number of carbonyl (C=O) groups is 2. The molecule has 1 heterocycles. The maximum absolute atomic E-state index is 12.4. The maximum Gasteiger partial charge on any atom is 0.410 e. The molecular formula is C20H30N2O5S. The number of carbonyl (C=O) groups excluding carboxylic acids is 2. The number of piperidine rings is 1. The predicted octanol–water partition coefficient (Wildman–Crippen LogP) is 3.23. The van der Waals surface area contributed by atoms with E-state index in [4.69, 9.17) is 4.74 Å². The molecule has 1 aromatic carbocycles. The third-order valence-corrected chi connectivity index (χ3v) is 6.00. The Kier molecular flexibility index (Phi) is 6.13. The van der Waals surface area contributed by atoms with Gasteiger partial charge in [0.1, 0.15) is 5.60 Å². The Morgan fingerprint density at radius 2 is 1.61 bits per heavy atom. The lowest BCUT2D eigenvalue weighted by molar-refractivity contribution is -0.118. The van der Waals surface area contributed by atoms with Crippen LogP contribution in [0.15, 0.2) is 29.2 Å². The quantitative estimate of drug-likeness (QED) is 0.764. The van der Waals surface area contributed by atoms with Crippen molar-refractivity contribution in [1.29, 1.82) is 0 Å². The third-order valence-electron chi connectivity index (χ3n) is 4.87. The van der Waals surface area contributed by atoms with E-state index in [1.807, 2.05) is 27.7 Å². The second-order valence-electron chi connectivity index (χ2n) is 8.58. The van der Waals surface area contributed by atoms with Crippen molar-refractivity contribution < 1.29 is 22.7 Å². The molecular weight excluding hydrogens is 380 g/mol. The molecule has 0 bridgehead atoms. The van der Waals surface area contributed by atoms with Gasteiger partial charge in [-0.2, -0.15) is 0 Å². The molecule has 0 saturated carbocycles. The molecule has 8 heteroatoms. The molecule has 1 aliphatic heterocycles. The summed E-state index contributed by atoms with van der Waals surface area (Å²) in [6.45, 7) is 9.94. The average molecular weight is 411 g/mol. The number of amides is 2. The van der Waals surface area contributed by atoms with Gasteiger partial charge in [0, 0.05) is 37.5 Å². The van der Waals surface area contributed by atoms with E-state index < -0.39 is 21.0 Å². The van der Waals surface area contributed by atoms with Gasteiger partial charge in [0.25, 0.3) is 0 Å². The van der Waals surface area contributed by atoms with Crippen LogP contribution < -0.4 is 4.90 Å². The molecule has 7 nitrogen and oxygen atoms in total. The van der Waals surface area contributed by atoms with Crippen LogP contribution in [0.25, 0.3) is 0 Å². The van der Waals surface area contributed by atoms with E-state index in [0.717, 1.165) is 6.26 Å². The standard InChI is InChI=1S/C20H30N2O5S/c1-15(23)22(16-7-9-17(10-8-16)28(6,25)26)20(5)11-13-21(14-12-20)18(24)27-19(2,3)4/h7-10H,11-14H2,1-6H3. The Morgan fingerprint density at radius 3 is 2.00 bits per heavy atom. The molecule has 0 unspecified atom stereocenters. The van der Waals surface area contributed by atoms with Crippen LogP contribution in [0, 0.1) is 0 Å². The van der Waals surface area contributed by atoms with Crippen molar-refractivity contribution in [3.8, 4) is 0 Å². The number of rotatable bonds is 3. The molecule has 1 aromatic rings. The van der Waals surface area contributed by atoms with Crippen LogP contribution >= 0.6 is 0 Å². The second-order valence-corrected chi connectivity index (χ2v) is 10.6. The summed E-state index contributed by atoms with van der Waals surface area (Å²) in [6.07, 6.45) is 2.00. The Balaban J connectivity index is 2.19. The Hall–Kier alpha value is -2.09. The summed E-state index contributed by atoms with van der Waals surface area (Å²) in [7, 11) is -3.30. The van der Waals surface area contributed by atoms with Gasteiger partial charge in [-0.15, -0.1) is 0 Å². The first-order valence-electron chi connectivity index (χ1n) is 9.32. The van der Waals surface area contributed by atoms with E-state index in [1.54, 1.807) is 21.9 Å². The highest BCUT2D eigenvalue weighted by Crippen LogP contribution is 2.34. The van der Waals surface area contributed by atoms with Gasteiger partial charge in [-0.25, -0.2) is 13.2 Å². The van der Waals surface area contributed by atoms with Crippen LogP contribution in [0.4, 0.5) is 10.5 Å². The number of hydrogen-bond acceptors (Lipinski definition) is 5. The van der Waals surface area contributed by atoms with Gasteiger partial charge in [0.2, 0.25) is 5.91 Å². The smallest absolute Gasteiger partial charge is 0.410 e. The predicted molar refractivity (Wildman–Crippen MR) is 108 cm³/mol. The van der Waals surface area contributed by atoms with Crippen LogP contribution in [0.3, 0.4) is 0 Å². The molecule has 0 atom stereocenters. The van der Waals surface area contributed by atoms with Crippen molar-refractivity contribution in [2.75, 3.05) is 24.2 Å². The molecule has 1 fully saturated rings. The maximum atomic E-state index is 12.4. The van der Waals surface area contributed by atoms with Gasteiger partial charge in [-0.05, 0) is 64.8 Å². The molecule has 0 spiro atoms. The fourth-order valence-corrected chi connectivity index (χ4v) is 4.07. The first-order chi connectivity index (χ1) is 12.7. The molecule has 28 heavy (non-hydrogen) atoms. The zero-order valence-electron chi connectivity index (χ0n) is 17.5. The van der Waals surface area contributed by atoms with Crippen LogP contribution in [-0.4, -0.2) is 55.8 Å². The number of nitrogens with zero attached hydrogens (tertiary/aromatic N) is 2. The number of sulfone groups is 1. The molecule has 0 N–H and O–H groups in total. The molecule has 156 valence electrons. The fourth-order valence-electron chi connectivity index (χ4n) is 3.44. The van der Waals surface area contributed by atoms with Gasteiger partial charge in [-0.1, -0.05) is 0 Å². The molecule has 0 aliphatic carbocycles. The van der Waals surface area contributed by atoms with Gasteiger partial charge >= 0.3 is 6.09 Å². The van der Waals surface area contributed by atoms with Gasteiger partial charge in [0.05, 0.1) is 4.90 Å². The van der Waals surface area contributed by atoms with Crippen molar-refractivity contribution in [3.05, 3.63) is 24.3 Å². The van der Waals surface area contributed by atoms with Crippen molar-refractivity contribution in [1.82, 2.24) is 4.90 Å². The number of likely N-dealkylation sites (tertiary alicyclic amines) is 1. The average Bonchev–Trinajstić information content (AvgIpc) is 2.53. The molecule has 0 radical (unpaired) electrons. The summed E-state index contributed by atoms with van der Waals surface area (Å²) in [5, 5.41) is 0. The molecule has 2 amide bonds. The monoisotopic (exact) mass is 410 g/mol. The normalized spacial score (nSPS) is 17.1. The van der Waals surface area contributed by atoms with E-state index in [1.165, 1.54) is 19.1 Å². The topological polar surface area (TPSA) is 84.0 Å². The summed E-state index contributed by atoms with van der Waals surface area (Å²) >= 11 is 0. The Morgan fingerprint density at radius 1 is 1.11 bits per heavy atom. The highest BCUT2D eigenvalue weighted by Gasteiger charge is 2.40. The fraction of sp³-hybridized carbons (Fsp3) is 0.600. The third kappa shape index (κ3) is 5.25. The molecule has 2 rings (SSSR count). The van der Waals surface area contributed by atoms with Crippen LogP contribution in [0.5, 0.6) is 0 Å². The largest absolute Gasteiger partial charge is 0.444 e. The van der Waals surface area contributed by atoms with Crippen molar-refractivity contribution in [2.24, 2.45) is 0 Å². The summed E-state index contributed by atoms with van der Waals surface area (Å²) in [5.41, 5.74) is -0.380. The zero-order valence-corrected chi connectivity index (χ0v) is 18.3.